The van der Waals surface area contributed by atoms with Gasteiger partial charge in [0.2, 0.25) is 8.38 Å². The third kappa shape index (κ3) is 3.77. The molecule has 0 aliphatic carbocycles. The Morgan fingerprint density at radius 1 is 1.14 bits per heavy atom. The SMILES string of the molecule is OP(O)C(Cl)(Cl)Cl. The Labute approximate surface area is 56.9 Å². The Hall–Kier alpha value is 1.22. The summed E-state index contributed by atoms with van der Waals surface area (Å²) in [6.45, 7) is 0. The lowest BCUT2D eigenvalue weighted by atomic mass is 11.8. The van der Waals surface area contributed by atoms with E-state index >= 15 is 0 Å². The molecule has 0 rings (SSSR count). The lowest BCUT2D eigenvalue weighted by molar-refractivity contribution is 0.483. The summed E-state index contributed by atoms with van der Waals surface area (Å²) in [6.07, 6.45) is 0. The standard InChI is InChI=1S/CH2Cl3O2P/c2-1(3,4)7(5)6/h5-6H. The molecule has 0 fully saturated rings. The fourth-order valence-corrected chi connectivity index (χ4v) is 0. The molecule has 0 heterocycles. The molecule has 0 spiro atoms. The van der Waals surface area contributed by atoms with Crippen LogP contribution < -0.4 is 0 Å². The summed E-state index contributed by atoms with van der Waals surface area (Å²) >= 11 is 14.8. The zero-order valence-corrected chi connectivity index (χ0v) is 6.14. The smallest absolute Gasteiger partial charge is 0.259 e. The van der Waals surface area contributed by atoms with Crippen molar-refractivity contribution in [1.82, 2.24) is 0 Å². The van der Waals surface area contributed by atoms with Crippen molar-refractivity contribution in [3.8, 4) is 0 Å². The fraction of sp³-hybridized carbons (Fsp3) is 1.00. The van der Waals surface area contributed by atoms with Gasteiger partial charge in [-0.15, -0.1) is 0 Å². The first kappa shape index (κ1) is 8.22. The Balaban J connectivity index is 3.54. The Kier molecular flexibility index (Phi) is 3.14. The van der Waals surface area contributed by atoms with Gasteiger partial charge in [0.15, 0.2) is 0 Å². The third-order valence-electron chi connectivity index (χ3n) is 0.227. The van der Waals surface area contributed by atoms with E-state index in [4.69, 9.17) is 44.6 Å². The molecule has 2 nitrogen and oxygen atoms in total. The van der Waals surface area contributed by atoms with Crippen molar-refractivity contribution in [2.45, 2.75) is 3.53 Å². The molecule has 0 radical (unpaired) electrons. The van der Waals surface area contributed by atoms with Gasteiger partial charge in [-0.25, -0.2) is 0 Å². The monoisotopic (exact) mass is 182 g/mol. The van der Waals surface area contributed by atoms with Gasteiger partial charge in [0.25, 0.3) is 3.53 Å². The van der Waals surface area contributed by atoms with E-state index in [9.17, 15) is 0 Å². The Bertz CT molecular complexity index is 58.4. The number of alkyl halides is 3. The van der Waals surface area contributed by atoms with Crippen LogP contribution in [0.4, 0.5) is 0 Å². The van der Waals surface area contributed by atoms with E-state index in [0.717, 1.165) is 0 Å². The highest BCUT2D eigenvalue weighted by Crippen LogP contribution is 2.51. The first-order valence-electron chi connectivity index (χ1n) is 1.19. The molecule has 0 saturated heterocycles. The van der Waals surface area contributed by atoms with Crippen molar-refractivity contribution < 1.29 is 9.79 Å². The summed E-state index contributed by atoms with van der Waals surface area (Å²) in [5, 5.41) is 0. The fourth-order valence-electron chi connectivity index (χ4n) is 0. The molecule has 0 amide bonds. The molecule has 0 aliphatic heterocycles. The largest absolute Gasteiger partial charge is 0.347 e. The van der Waals surface area contributed by atoms with E-state index in [-0.39, 0.29) is 0 Å². The lowest BCUT2D eigenvalue weighted by Gasteiger charge is -2.09. The average Bonchev–Trinajstić information content (AvgIpc) is 1.31. The predicted molar refractivity (Wildman–Crippen MR) is 31.6 cm³/mol. The van der Waals surface area contributed by atoms with Crippen LogP contribution in [0.2, 0.25) is 0 Å². The molecule has 0 bridgehead atoms. The highest BCUT2D eigenvalue weighted by atomic mass is 35.6. The van der Waals surface area contributed by atoms with Crippen molar-refractivity contribution >= 4 is 43.2 Å². The quantitative estimate of drug-likeness (QED) is 0.442. The highest BCUT2D eigenvalue weighted by molar-refractivity contribution is 7.55. The second-order valence-electron chi connectivity index (χ2n) is 0.757. The molecule has 44 valence electrons. The maximum absolute atomic E-state index is 8.11. The summed E-state index contributed by atoms with van der Waals surface area (Å²) in [7, 11) is -2.45. The van der Waals surface area contributed by atoms with Gasteiger partial charge in [0.05, 0.1) is 0 Å². The predicted octanol–water partition coefficient (Wildman–Crippen LogP) is 1.61. The van der Waals surface area contributed by atoms with Crippen LogP contribution >= 0.6 is 43.2 Å². The van der Waals surface area contributed by atoms with Crippen LogP contribution in [0.15, 0.2) is 0 Å². The van der Waals surface area contributed by atoms with Crippen molar-refractivity contribution in [1.29, 1.82) is 0 Å². The van der Waals surface area contributed by atoms with Crippen molar-refractivity contribution in [3.05, 3.63) is 0 Å². The van der Waals surface area contributed by atoms with E-state index in [1.165, 1.54) is 0 Å². The van der Waals surface area contributed by atoms with Gasteiger partial charge in [-0.3, -0.25) is 0 Å². The summed E-state index contributed by atoms with van der Waals surface area (Å²) in [5.74, 6) is 0. The first-order chi connectivity index (χ1) is 2.94. The van der Waals surface area contributed by atoms with E-state index < -0.39 is 11.9 Å². The first-order valence-corrected chi connectivity index (χ1v) is 3.57. The molecule has 0 aromatic rings. The lowest BCUT2D eigenvalue weighted by Crippen LogP contribution is -1.96. The summed E-state index contributed by atoms with van der Waals surface area (Å²) in [6, 6.07) is 0. The van der Waals surface area contributed by atoms with Crippen LogP contribution in [0, 0.1) is 0 Å². The molecule has 0 aromatic carbocycles. The number of halogens is 3. The molecule has 6 heteroatoms. The van der Waals surface area contributed by atoms with Gasteiger partial charge in [-0.05, 0) is 0 Å². The van der Waals surface area contributed by atoms with Crippen LogP contribution in [-0.2, 0) is 0 Å². The van der Waals surface area contributed by atoms with Gasteiger partial charge >= 0.3 is 0 Å². The number of rotatable bonds is 0. The van der Waals surface area contributed by atoms with Crippen LogP contribution in [0.1, 0.15) is 0 Å². The number of hydrogen-bond acceptors (Lipinski definition) is 2. The molecule has 2 N–H and O–H groups in total. The molecule has 0 atom stereocenters. The van der Waals surface area contributed by atoms with Gasteiger partial charge in [-0.2, -0.15) is 0 Å². The molecule has 0 aromatic heterocycles. The van der Waals surface area contributed by atoms with E-state index in [1.54, 1.807) is 0 Å². The molecular weight excluding hydrogens is 181 g/mol. The van der Waals surface area contributed by atoms with Crippen molar-refractivity contribution in [3.63, 3.8) is 0 Å². The van der Waals surface area contributed by atoms with Gasteiger partial charge in [-0.1, -0.05) is 34.8 Å². The zero-order chi connectivity index (χ0) is 6.08. The molecule has 7 heavy (non-hydrogen) atoms. The minimum absolute atomic E-state index is 1.91. The average molecular weight is 183 g/mol. The van der Waals surface area contributed by atoms with Crippen LogP contribution in [0.3, 0.4) is 0 Å². The van der Waals surface area contributed by atoms with Crippen molar-refractivity contribution in [2.75, 3.05) is 0 Å². The van der Waals surface area contributed by atoms with Crippen LogP contribution in [-0.4, -0.2) is 13.3 Å². The van der Waals surface area contributed by atoms with Gasteiger partial charge < -0.3 is 9.79 Å². The molecule has 0 saturated carbocycles. The highest BCUT2D eigenvalue weighted by Gasteiger charge is 2.29. The van der Waals surface area contributed by atoms with E-state index in [0.29, 0.717) is 0 Å². The summed E-state index contributed by atoms with van der Waals surface area (Å²) in [5.41, 5.74) is 0. The van der Waals surface area contributed by atoms with Gasteiger partial charge in [0.1, 0.15) is 0 Å². The van der Waals surface area contributed by atoms with Gasteiger partial charge in [0, 0.05) is 0 Å². The third-order valence-corrected chi connectivity index (χ3v) is 2.04. The number of hydrogen-bond donors (Lipinski definition) is 2. The van der Waals surface area contributed by atoms with Crippen molar-refractivity contribution in [2.24, 2.45) is 0 Å². The van der Waals surface area contributed by atoms with Crippen LogP contribution in [0.5, 0.6) is 0 Å². The van der Waals surface area contributed by atoms with E-state index in [2.05, 4.69) is 0 Å². The maximum Gasteiger partial charge on any atom is 0.259 e. The van der Waals surface area contributed by atoms with Crippen LogP contribution in [0.25, 0.3) is 0 Å². The Morgan fingerprint density at radius 2 is 1.29 bits per heavy atom. The summed E-state index contributed by atoms with van der Waals surface area (Å²) in [4.78, 5) is 16.2. The summed E-state index contributed by atoms with van der Waals surface area (Å²) < 4.78 is -1.91. The minimum atomic E-state index is -2.45. The normalized spacial score (nSPS) is 12.9. The topological polar surface area (TPSA) is 40.5 Å². The minimum Gasteiger partial charge on any atom is -0.347 e. The molecule has 0 unspecified atom stereocenters. The maximum atomic E-state index is 8.11. The molecular formula is CH2Cl3O2P. The second kappa shape index (κ2) is 2.67. The molecule has 0 aliphatic rings. The van der Waals surface area contributed by atoms with E-state index in [1.807, 2.05) is 0 Å². The Morgan fingerprint density at radius 3 is 1.29 bits per heavy atom. The second-order valence-corrected chi connectivity index (χ2v) is 5.08. The zero-order valence-electron chi connectivity index (χ0n) is 2.98.